The van der Waals surface area contributed by atoms with Crippen LogP contribution in [0.1, 0.15) is 12.8 Å². The zero-order valence-corrected chi connectivity index (χ0v) is 14.2. The summed E-state index contributed by atoms with van der Waals surface area (Å²) in [6.45, 7) is 5.41. The van der Waals surface area contributed by atoms with Crippen molar-refractivity contribution in [3.63, 3.8) is 0 Å². The van der Waals surface area contributed by atoms with Crippen molar-refractivity contribution in [2.75, 3.05) is 39.4 Å². The van der Waals surface area contributed by atoms with Gasteiger partial charge < -0.3 is 20.1 Å². The lowest BCUT2D eigenvalue weighted by atomic mass is 10.3. The Labute approximate surface area is 145 Å². The lowest BCUT2D eigenvalue weighted by Gasteiger charge is -2.09. The SMILES string of the molecule is c1ccc(OCCCNCCNCCCOc2ccccc2)cc1. The molecule has 4 nitrogen and oxygen atoms in total. The molecule has 2 N–H and O–H groups in total. The van der Waals surface area contributed by atoms with Crippen molar-refractivity contribution in [3.05, 3.63) is 60.7 Å². The summed E-state index contributed by atoms with van der Waals surface area (Å²) < 4.78 is 11.3. The average molecular weight is 328 g/mol. The molecular weight excluding hydrogens is 300 g/mol. The summed E-state index contributed by atoms with van der Waals surface area (Å²) in [4.78, 5) is 0. The molecule has 4 heteroatoms. The van der Waals surface area contributed by atoms with E-state index in [4.69, 9.17) is 9.47 Å². The first-order valence-corrected chi connectivity index (χ1v) is 8.72. The number of para-hydroxylation sites is 2. The van der Waals surface area contributed by atoms with Gasteiger partial charge in [-0.2, -0.15) is 0 Å². The minimum absolute atomic E-state index is 0.751. The molecule has 0 unspecified atom stereocenters. The number of nitrogens with one attached hydrogen (secondary N) is 2. The van der Waals surface area contributed by atoms with Crippen LogP contribution in [0.2, 0.25) is 0 Å². The number of benzene rings is 2. The van der Waals surface area contributed by atoms with Crippen molar-refractivity contribution in [2.24, 2.45) is 0 Å². The van der Waals surface area contributed by atoms with Gasteiger partial charge in [-0.05, 0) is 50.2 Å². The summed E-state index contributed by atoms with van der Waals surface area (Å²) in [5.74, 6) is 1.88. The van der Waals surface area contributed by atoms with Gasteiger partial charge in [0.25, 0.3) is 0 Å². The third-order valence-corrected chi connectivity index (χ3v) is 3.50. The highest BCUT2D eigenvalue weighted by Gasteiger charge is 1.94. The van der Waals surface area contributed by atoms with E-state index >= 15 is 0 Å². The lowest BCUT2D eigenvalue weighted by molar-refractivity contribution is 0.305. The molecule has 24 heavy (non-hydrogen) atoms. The van der Waals surface area contributed by atoms with Crippen LogP contribution in [0.3, 0.4) is 0 Å². The van der Waals surface area contributed by atoms with Gasteiger partial charge in [0.15, 0.2) is 0 Å². The number of hydrogen-bond donors (Lipinski definition) is 2. The second-order valence-electron chi connectivity index (χ2n) is 5.53. The number of ether oxygens (including phenoxy) is 2. The summed E-state index contributed by atoms with van der Waals surface area (Å²) in [5.41, 5.74) is 0. The molecule has 0 bridgehead atoms. The van der Waals surface area contributed by atoms with Gasteiger partial charge in [-0.1, -0.05) is 36.4 Å². The molecule has 0 spiro atoms. The predicted octanol–water partition coefficient (Wildman–Crippen LogP) is 3.10. The van der Waals surface area contributed by atoms with Gasteiger partial charge in [0, 0.05) is 13.1 Å². The van der Waals surface area contributed by atoms with E-state index in [1.165, 1.54) is 0 Å². The summed E-state index contributed by atoms with van der Waals surface area (Å²) in [6.07, 6.45) is 2.03. The number of hydrogen-bond acceptors (Lipinski definition) is 4. The topological polar surface area (TPSA) is 42.5 Å². The highest BCUT2D eigenvalue weighted by Crippen LogP contribution is 2.08. The quantitative estimate of drug-likeness (QED) is 0.555. The van der Waals surface area contributed by atoms with Crippen LogP contribution in [0, 0.1) is 0 Å². The van der Waals surface area contributed by atoms with E-state index < -0.39 is 0 Å². The average Bonchev–Trinajstić information content (AvgIpc) is 2.64. The Kier molecular flexibility index (Phi) is 9.45. The first-order valence-electron chi connectivity index (χ1n) is 8.72. The standard InChI is InChI=1S/C20H28N2O2/c1-3-9-19(10-4-1)23-17-7-13-21-15-16-22-14-8-18-24-20-11-5-2-6-12-20/h1-6,9-12,21-22H,7-8,13-18H2. The zero-order chi connectivity index (χ0) is 16.7. The number of rotatable bonds is 13. The Balaban J connectivity index is 1.32. The van der Waals surface area contributed by atoms with Gasteiger partial charge in [0.05, 0.1) is 13.2 Å². The van der Waals surface area contributed by atoms with Crippen LogP contribution >= 0.6 is 0 Å². The molecule has 0 heterocycles. The van der Waals surface area contributed by atoms with Crippen molar-refractivity contribution in [1.29, 1.82) is 0 Å². The molecule has 0 saturated carbocycles. The zero-order valence-electron chi connectivity index (χ0n) is 14.2. The van der Waals surface area contributed by atoms with Crippen molar-refractivity contribution >= 4 is 0 Å². The first kappa shape index (κ1) is 18.3. The monoisotopic (exact) mass is 328 g/mol. The largest absolute Gasteiger partial charge is 0.494 e. The highest BCUT2D eigenvalue weighted by atomic mass is 16.5. The maximum absolute atomic E-state index is 5.64. The van der Waals surface area contributed by atoms with Gasteiger partial charge in [-0.15, -0.1) is 0 Å². The molecule has 0 atom stereocenters. The Morgan fingerprint density at radius 3 is 1.38 bits per heavy atom. The van der Waals surface area contributed by atoms with E-state index in [2.05, 4.69) is 10.6 Å². The summed E-state index contributed by atoms with van der Waals surface area (Å²) in [5, 5.41) is 6.83. The van der Waals surface area contributed by atoms with Gasteiger partial charge in [0.2, 0.25) is 0 Å². The highest BCUT2D eigenvalue weighted by molar-refractivity contribution is 5.21. The second kappa shape index (κ2) is 12.4. The summed E-state index contributed by atoms with van der Waals surface area (Å²) in [6, 6.07) is 19.9. The molecule has 0 fully saturated rings. The van der Waals surface area contributed by atoms with Crippen LogP contribution < -0.4 is 20.1 Å². The molecule has 2 aromatic rings. The molecule has 2 rings (SSSR count). The van der Waals surface area contributed by atoms with E-state index in [9.17, 15) is 0 Å². The van der Waals surface area contributed by atoms with Crippen LogP contribution in [0.25, 0.3) is 0 Å². The minimum atomic E-state index is 0.751. The van der Waals surface area contributed by atoms with E-state index in [1.54, 1.807) is 0 Å². The van der Waals surface area contributed by atoms with Crippen molar-refractivity contribution < 1.29 is 9.47 Å². The smallest absolute Gasteiger partial charge is 0.119 e. The third-order valence-electron chi connectivity index (χ3n) is 3.50. The van der Waals surface area contributed by atoms with Crippen LogP contribution in [0.4, 0.5) is 0 Å². The summed E-state index contributed by atoms with van der Waals surface area (Å²) in [7, 11) is 0. The molecule has 0 amide bonds. The third kappa shape index (κ3) is 8.56. The molecule has 2 aromatic carbocycles. The molecule has 130 valence electrons. The minimum Gasteiger partial charge on any atom is -0.494 e. The van der Waals surface area contributed by atoms with E-state index in [1.807, 2.05) is 60.7 Å². The molecule has 0 saturated heterocycles. The van der Waals surface area contributed by atoms with Gasteiger partial charge in [-0.3, -0.25) is 0 Å². The van der Waals surface area contributed by atoms with Gasteiger partial charge in [0.1, 0.15) is 11.5 Å². The molecule has 0 aliphatic carbocycles. The Hall–Kier alpha value is -2.04. The maximum atomic E-state index is 5.64. The normalized spacial score (nSPS) is 10.5. The molecule has 0 aliphatic rings. The van der Waals surface area contributed by atoms with Crippen molar-refractivity contribution in [3.8, 4) is 11.5 Å². The van der Waals surface area contributed by atoms with Crippen LogP contribution in [0.5, 0.6) is 11.5 Å². The van der Waals surface area contributed by atoms with Crippen LogP contribution in [-0.2, 0) is 0 Å². The van der Waals surface area contributed by atoms with Crippen LogP contribution in [0.15, 0.2) is 60.7 Å². The van der Waals surface area contributed by atoms with E-state index in [0.29, 0.717) is 0 Å². The molecule has 0 aliphatic heterocycles. The van der Waals surface area contributed by atoms with E-state index in [-0.39, 0.29) is 0 Å². The lowest BCUT2D eigenvalue weighted by Crippen LogP contribution is -2.29. The van der Waals surface area contributed by atoms with E-state index in [0.717, 1.165) is 63.7 Å². The fourth-order valence-corrected chi connectivity index (χ4v) is 2.23. The Morgan fingerprint density at radius 2 is 0.958 bits per heavy atom. The molecular formula is C20H28N2O2. The molecule has 0 radical (unpaired) electrons. The first-order chi connectivity index (χ1) is 11.9. The summed E-state index contributed by atoms with van der Waals surface area (Å²) >= 11 is 0. The second-order valence-corrected chi connectivity index (χ2v) is 5.53. The maximum Gasteiger partial charge on any atom is 0.119 e. The van der Waals surface area contributed by atoms with Crippen molar-refractivity contribution in [2.45, 2.75) is 12.8 Å². The van der Waals surface area contributed by atoms with Gasteiger partial charge in [-0.25, -0.2) is 0 Å². The fourth-order valence-electron chi connectivity index (χ4n) is 2.23. The Bertz CT molecular complexity index is 470. The Morgan fingerprint density at radius 1 is 0.542 bits per heavy atom. The van der Waals surface area contributed by atoms with Crippen LogP contribution in [-0.4, -0.2) is 39.4 Å². The fraction of sp³-hybridized carbons (Fsp3) is 0.400. The van der Waals surface area contributed by atoms with Gasteiger partial charge >= 0.3 is 0 Å². The molecule has 0 aromatic heterocycles. The predicted molar refractivity (Wildman–Crippen MR) is 98.8 cm³/mol. The van der Waals surface area contributed by atoms with Crippen molar-refractivity contribution in [1.82, 2.24) is 10.6 Å².